The van der Waals surface area contributed by atoms with E-state index in [1.165, 1.54) is 6.07 Å². The average Bonchev–Trinajstić information content (AvgIpc) is 2.40. The van der Waals surface area contributed by atoms with E-state index in [4.69, 9.17) is 27.9 Å². The van der Waals surface area contributed by atoms with Gasteiger partial charge < -0.3 is 10.1 Å². The van der Waals surface area contributed by atoms with E-state index >= 15 is 0 Å². The Balaban J connectivity index is 2.27. The van der Waals surface area contributed by atoms with Crippen molar-refractivity contribution in [1.82, 2.24) is 5.32 Å². The molecule has 2 nitrogen and oxygen atoms in total. The van der Waals surface area contributed by atoms with Crippen LogP contribution in [0.25, 0.3) is 0 Å². The van der Waals surface area contributed by atoms with E-state index in [1.54, 1.807) is 24.3 Å². The molecule has 21 heavy (non-hydrogen) atoms. The number of hydrogen-bond donors (Lipinski definition) is 1. The fourth-order valence-electron chi connectivity index (χ4n) is 1.91. The number of rotatable bonds is 5. The zero-order valence-electron chi connectivity index (χ0n) is 11.2. The van der Waals surface area contributed by atoms with E-state index in [2.05, 4.69) is 21.2 Å². The highest BCUT2D eigenvalue weighted by Gasteiger charge is 2.13. The van der Waals surface area contributed by atoms with Gasteiger partial charge in [-0.25, -0.2) is 4.39 Å². The van der Waals surface area contributed by atoms with E-state index in [-0.39, 0.29) is 12.4 Å². The first-order chi connectivity index (χ1) is 10.0. The van der Waals surface area contributed by atoms with Gasteiger partial charge in [-0.05, 0) is 47.2 Å². The minimum atomic E-state index is -0.386. The summed E-state index contributed by atoms with van der Waals surface area (Å²) in [5.41, 5.74) is 1.21. The lowest BCUT2D eigenvalue weighted by Crippen LogP contribution is -2.08. The predicted octanol–water partition coefficient (Wildman–Crippen LogP) is 5.19. The van der Waals surface area contributed by atoms with Gasteiger partial charge >= 0.3 is 0 Å². The molecule has 2 aromatic rings. The zero-order chi connectivity index (χ0) is 15.4. The van der Waals surface area contributed by atoms with Crippen LogP contribution in [-0.2, 0) is 13.2 Å². The second-order valence-corrected chi connectivity index (χ2v) is 6.09. The maximum Gasteiger partial charge on any atom is 0.138 e. The van der Waals surface area contributed by atoms with Gasteiger partial charge in [0.15, 0.2) is 0 Å². The van der Waals surface area contributed by atoms with Gasteiger partial charge in [-0.2, -0.15) is 0 Å². The van der Waals surface area contributed by atoms with Crippen LogP contribution in [0.2, 0.25) is 10.0 Å². The zero-order valence-corrected chi connectivity index (χ0v) is 14.3. The van der Waals surface area contributed by atoms with Crippen LogP contribution >= 0.6 is 39.1 Å². The van der Waals surface area contributed by atoms with E-state index < -0.39 is 0 Å². The molecule has 0 saturated heterocycles. The van der Waals surface area contributed by atoms with Crippen LogP contribution in [0.4, 0.5) is 4.39 Å². The molecule has 0 heterocycles. The predicted molar refractivity (Wildman–Crippen MR) is 87.7 cm³/mol. The number of benzene rings is 2. The molecule has 0 amide bonds. The molecule has 0 radical (unpaired) electrons. The summed E-state index contributed by atoms with van der Waals surface area (Å²) in [4.78, 5) is 0. The van der Waals surface area contributed by atoms with Crippen molar-refractivity contribution in [3.8, 4) is 5.75 Å². The second kappa shape index (κ2) is 7.45. The van der Waals surface area contributed by atoms with Crippen molar-refractivity contribution in [1.29, 1.82) is 0 Å². The number of halogens is 4. The normalized spacial score (nSPS) is 10.7. The molecule has 0 saturated carbocycles. The van der Waals surface area contributed by atoms with Gasteiger partial charge in [0.25, 0.3) is 0 Å². The topological polar surface area (TPSA) is 21.3 Å². The first-order valence-electron chi connectivity index (χ1n) is 6.21. The largest absolute Gasteiger partial charge is 0.487 e. The highest BCUT2D eigenvalue weighted by Crippen LogP contribution is 2.34. The quantitative estimate of drug-likeness (QED) is 0.755. The molecule has 2 aromatic carbocycles. The maximum atomic E-state index is 13.8. The molecule has 0 aliphatic rings. The highest BCUT2D eigenvalue weighted by molar-refractivity contribution is 9.10. The Bertz CT molecular complexity index is 632. The lowest BCUT2D eigenvalue weighted by atomic mass is 10.2. The van der Waals surface area contributed by atoms with Crippen LogP contribution in [0.1, 0.15) is 11.1 Å². The fourth-order valence-corrected chi connectivity index (χ4v) is 3.12. The lowest BCUT2D eigenvalue weighted by Gasteiger charge is -2.15. The summed E-state index contributed by atoms with van der Waals surface area (Å²) in [7, 11) is 1.83. The van der Waals surface area contributed by atoms with Crippen molar-refractivity contribution < 1.29 is 9.13 Å². The van der Waals surface area contributed by atoms with Crippen LogP contribution in [0.3, 0.4) is 0 Å². The van der Waals surface area contributed by atoms with Crippen LogP contribution in [0.5, 0.6) is 5.75 Å². The summed E-state index contributed by atoms with van der Waals surface area (Å²) in [5, 5.41) is 3.98. The van der Waals surface area contributed by atoms with Crippen molar-refractivity contribution in [2.75, 3.05) is 7.05 Å². The maximum absolute atomic E-state index is 13.8. The van der Waals surface area contributed by atoms with Crippen molar-refractivity contribution in [2.24, 2.45) is 0 Å². The number of ether oxygens (including phenoxy) is 1. The Morgan fingerprint density at radius 3 is 2.71 bits per heavy atom. The van der Waals surface area contributed by atoms with E-state index in [0.29, 0.717) is 32.4 Å². The standard InChI is InChI=1S/C15H13BrCl2FNO/c1-20-7-9-5-10(17)6-12(16)15(9)21-8-11-13(18)3-2-4-14(11)19/h2-6,20H,7-8H2,1H3. The van der Waals surface area contributed by atoms with Gasteiger partial charge in [0, 0.05) is 22.7 Å². The third-order valence-corrected chi connectivity index (χ3v) is 4.04. The summed E-state index contributed by atoms with van der Waals surface area (Å²) < 4.78 is 20.2. The van der Waals surface area contributed by atoms with Crippen molar-refractivity contribution in [2.45, 2.75) is 13.2 Å². The SMILES string of the molecule is CNCc1cc(Cl)cc(Br)c1OCc1c(F)cccc1Cl. The van der Waals surface area contributed by atoms with Crippen molar-refractivity contribution in [3.05, 3.63) is 61.8 Å². The van der Waals surface area contributed by atoms with Gasteiger partial charge in [0.2, 0.25) is 0 Å². The average molecular weight is 393 g/mol. The first kappa shape index (κ1) is 16.6. The fraction of sp³-hybridized carbons (Fsp3) is 0.200. The molecule has 0 unspecified atom stereocenters. The molecule has 0 bridgehead atoms. The van der Waals surface area contributed by atoms with Crippen LogP contribution in [-0.4, -0.2) is 7.05 Å². The molecule has 0 atom stereocenters. The molecule has 6 heteroatoms. The number of hydrogen-bond acceptors (Lipinski definition) is 2. The Labute approximate surface area is 141 Å². The molecule has 2 rings (SSSR count). The van der Waals surface area contributed by atoms with E-state index in [0.717, 1.165) is 5.56 Å². The molecule has 1 N–H and O–H groups in total. The highest BCUT2D eigenvalue weighted by atomic mass is 79.9. The number of nitrogens with one attached hydrogen (secondary N) is 1. The van der Waals surface area contributed by atoms with E-state index in [9.17, 15) is 4.39 Å². The Morgan fingerprint density at radius 2 is 2.05 bits per heavy atom. The van der Waals surface area contributed by atoms with Gasteiger partial charge in [0.1, 0.15) is 18.2 Å². The van der Waals surface area contributed by atoms with Gasteiger partial charge in [-0.15, -0.1) is 0 Å². The molecular weight excluding hydrogens is 380 g/mol. The third-order valence-electron chi connectivity index (χ3n) is 2.88. The summed E-state index contributed by atoms with van der Waals surface area (Å²) >= 11 is 15.4. The molecule has 0 fully saturated rings. The van der Waals surface area contributed by atoms with Crippen molar-refractivity contribution in [3.63, 3.8) is 0 Å². The van der Waals surface area contributed by atoms with Gasteiger partial charge in [-0.1, -0.05) is 29.3 Å². The molecule has 0 aliphatic carbocycles. The third kappa shape index (κ3) is 4.10. The molecule has 112 valence electrons. The lowest BCUT2D eigenvalue weighted by molar-refractivity contribution is 0.294. The Morgan fingerprint density at radius 1 is 1.29 bits per heavy atom. The monoisotopic (exact) mass is 391 g/mol. The molecule has 0 spiro atoms. The first-order valence-corrected chi connectivity index (χ1v) is 7.76. The Kier molecular flexibility index (Phi) is 5.88. The van der Waals surface area contributed by atoms with Crippen LogP contribution in [0, 0.1) is 5.82 Å². The molecular formula is C15H13BrCl2FNO. The van der Waals surface area contributed by atoms with Gasteiger partial charge in [0.05, 0.1) is 9.50 Å². The van der Waals surface area contributed by atoms with Gasteiger partial charge in [-0.3, -0.25) is 0 Å². The second-order valence-electron chi connectivity index (χ2n) is 4.40. The van der Waals surface area contributed by atoms with E-state index in [1.807, 2.05) is 7.05 Å². The smallest absolute Gasteiger partial charge is 0.138 e. The molecule has 0 aromatic heterocycles. The van der Waals surface area contributed by atoms with Crippen molar-refractivity contribution >= 4 is 39.1 Å². The summed E-state index contributed by atoms with van der Waals surface area (Å²) in [6.45, 7) is 0.627. The summed E-state index contributed by atoms with van der Waals surface area (Å²) in [6, 6.07) is 8.09. The minimum absolute atomic E-state index is 0.0441. The van der Waals surface area contributed by atoms with Crippen LogP contribution < -0.4 is 10.1 Å². The summed E-state index contributed by atoms with van der Waals surface area (Å²) in [5.74, 6) is 0.232. The van der Waals surface area contributed by atoms with Crippen LogP contribution in [0.15, 0.2) is 34.8 Å². The minimum Gasteiger partial charge on any atom is -0.487 e. The summed E-state index contributed by atoms with van der Waals surface area (Å²) in [6.07, 6.45) is 0. The Hall–Kier alpha value is -0.810. The molecule has 0 aliphatic heterocycles.